The van der Waals surface area contributed by atoms with Gasteiger partial charge in [0.05, 0.1) is 0 Å². The lowest BCUT2D eigenvalue weighted by atomic mass is 10.1. The van der Waals surface area contributed by atoms with E-state index in [-0.39, 0.29) is 5.75 Å². The molecule has 1 aromatic rings. The van der Waals surface area contributed by atoms with E-state index in [1.165, 1.54) is 0 Å². The third-order valence-electron chi connectivity index (χ3n) is 2.84. The summed E-state index contributed by atoms with van der Waals surface area (Å²) in [5.74, 6) is 0.241. The number of nitrogens with one attached hydrogen (secondary N) is 1. The van der Waals surface area contributed by atoms with E-state index in [0.717, 1.165) is 18.5 Å². The van der Waals surface area contributed by atoms with Gasteiger partial charge in [0.25, 0.3) is 0 Å². The zero-order valence-corrected chi connectivity index (χ0v) is 11.7. The Bertz CT molecular complexity index is 372. The van der Waals surface area contributed by atoms with E-state index in [1.54, 1.807) is 18.2 Å². The summed E-state index contributed by atoms with van der Waals surface area (Å²) in [7, 11) is 4.05. The van der Waals surface area contributed by atoms with Crippen LogP contribution < -0.4 is 10.1 Å². The number of benzene rings is 1. The molecule has 0 saturated carbocycles. The van der Waals surface area contributed by atoms with Crippen LogP contribution in [-0.4, -0.2) is 38.2 Å². The number of hydrogen-bond acceptors (Lipinski definition) is 3. The molecule has 0 amide bonds. The Balaban J connectivity index is 2.48. The molecule has 0 spiro atoms. The first kappa shape index (κ1) is 15.9. The number of alkyl halides is 2. The van der Waals surface area contributed by atoms with E-state index in [0.29, 0.717) is 12.6 Å². The molecule has 1 aromatic carbocycles. The third kappa shape index (κ3) is 6.50. The van der Waals surface area contributed by atoms with E-state index in [1.807, 2.05) is 20.2 Å². The molecular formula is C14H22F2N2O. The molecule has 0 aliphatic heterocycles. The van der Waals surface area contributed by atoms with Crippen molar-refractivity contribution in [3.63, 3.8) is 0 Å². The molecule has 0 fully saturated rings. The SMILES string of the molecule is CC(CCN(C)C)NCc1ccccc1OC(F)F. The van der Waals surface area contributed by atoms with Crippen molar-refractivity contribution >= 4 is 0 Å². The number of ether oxygens (including phenoxy) is 1. The first-order valence-corrected chi connectivity index (χ1v) is 6.40. The van der Waals surface area contributed by atoms with Crippen molar-refractivity contribution in [2.45, 2.75) is 32.5 Å². The molecule has 0 aliphatic carbocycles. The van der Waals surface area contributed by atoms with Gasteiger partial charge in [-0.25, -0.2) is 0 Å². The molecule has 3 nitrogen and oxygen atoms in total. The topological polar surface area (TPSA) is 24.5 Å². The van der Waals surface area contributed by atoms with Gasteiger partial charge in [0.1, 0.15) is 5.75 Å². The minimum absolute atomic E-state index is 0.241. The van der Waals surface area contributed by atoms with Gasteiger partial charge in [0.15, 0.2) is 0 Å². The Labute approximate surface area is 113 Å². The molecule has 0 aliphatic rings. The van der Waals surface area contributed by atoms with Gasteiger partial charge in [-0.2, -0.15) is 8.78 Å². The Kier molecular flexibility index (Phi) is 6.73. The largest absolute Gasteiger partial charge is 0.434 e. The fraction of sp³-hybridized carbons (Fsp3) is 0.571. The Morgan fingerprint density at radius 1 is 1.26 bits per heavy atom. The van der Waals surface area contributed by atoms with E-state index < -0.39 is 6.61 Å². The average molecular weight is 272 g/mol. The van der Waals surface area contributed by atoms with Crippen molar-refractivity contribution in [3.05, 3.63) is 29.8 Å². The summed E-state index contributed by atoms with van der Waals surface area (Å²) >= 11 is 0. The van der Waals surface area contributed by atoms with Crippen LogP contribution in [0.25, 0.3) is 0 Å². The van der Waals surface area contributed by atoms with Gasteiger partial charge < -0.3 is 15.0 Å². The lowest BCUT2D eigenvalue weighted by Crippen LogP contribution is -2.29. The maximum atomic E-state index is 12.3. The third-order valence-corrected chi connectivity index (χ3v) is 2.84. The fourth-order valence-electron chi connectivity index (χ4n) is 1.70. The molecule has 108 valence electrons. The zero-order valence-electron chi connectivity index (χ0n) is 11.7. The lowest BCUT2D eigenvalue weighted by molar-refractivity contribution is -0.0505. The van der Waals surface area contributed by atoms with Crippen molar-refractivity contribution in [1.29, 1.82) is 0 Å². The summed E-state index contributed by atoms with van der Waals surface area (Å²) in [6.45, 7) is 0.813. The predicted octanol–water partition coefficient (Wildman–Crippen LogP) is 2.72. The summed E-state index contributed by atoms with van der Waals surface area (Å²) in [6, 6.07) is 7.19. The van der Waals surface area contributed by atoms with E-state index in [9.17, 15) is 8.78 Å². The highest BCUT2D eigenvalue weighted by molar-refractivity contribution is 5.33. The van der Waals surface area contributed by atoms with Crippen LogP contribution in [0.4, 0.5) is 8.78 Å². The minimum atomic E-state index is -2.78. The van der Waals surface area contributed by atoms with Crippen molar-refractivity contribution < 1.29 is 13.5 Å². The maximum Gasteiger partial charge on any atom is 0.387 e. The van der Waals surface area contributed by atoms with Crippen LogP contribution in [0.5, 0.6) is 5.75 Å². The van der Waals surface area contributed by atoms with Crippen LogP contribution >= 0.6 is 0 Å². The van der Waals surface area contributed by atoms with Crippen LogP contribution in [0.3, 0.4) is 0 Å². The highest BCUT2D eigenvalue weighted by atomic mass is 19.3. The molecule has 0 saturated heterocycles. The lowest BCUT2D eigenvalue weighted by Gasteiger charge is -2.18. The van der Waals surface area contributed by atoms with E-state index in [4.69, 9.17) is 0 Å². The molecule has 19 heavy (non-hydrogen) atoms. The molecule has 1 rings (SSSR count). The quantitative estimate of drug-likeness (QED) is 0.787. The van der Waals surface area contributed by atoms with Crippen molar-refractivity contribution in [3.8, 4) is 5.75 Å². The van der Waals surface area contributed by atoms with Gasteiger partial charge in [-0.1, -0.05) is 18.2 Å². The number of nitrogens with zero attached hydrogens (tertiary/aromatic N) is 1. The molecule has 1 N–H and O–H groups in total. The summed E-state index contributed by atoms with van der Waals surface area (Å²) < 4.78 is 29.0. The second kappa shape index (κ2) is 8.07. The molecule has 0 radical (unpaired) electrons. The smallest absolute Gasteiger partial charge is 0.387 e. The van der Waals surface area contributed by atoms with Crippen LogP contribution in [0.1, 0.15) is 18.9 Å². The van der Waals surface area contributed by atoms with E-state index in [2.05, 4.69) is 21.9 Å². The van der Waals surface area contributed by atoms with Crippen LogP contribution in [0, 0.1) is 0 Å². The second-order valence-corrected chi connectivity index (χ2v) is 4.86. The van der Waals surface area contributed by atoms with Gasteiger partial charge >= 0.3 is 6.61 Å². The van der Waals surface area contributed by atoms with Gasteiger partial charge in [-0.05, 0) is 40.1 Å². The van der Waals surface area contributed by atoms with Crippen LogP contribution in [0.15, 0.2) is 24.3 Å². The zero-order chi connectivity index (χ0) is 14.3. The normalized spacial score (nSPS) is 13.0. The van der Waals surface area contributed by atoms with Crippen LogP contribution in [-0.2, 0) is 6.54 Å². The molecular weight excluding hydrogens is 250 g/mol. The van der Waals surface area contributed by atoms with E-state index >= 15 is 0 Å². The van der Waals surface area contributed by atoms with Crippen molar-refractivity contribution in [2.75, 3.05) is 20.6 Å². The number of para-hydroxylation sites is 1. The molecule has 0 bridgehead atoms. The Hall–Kier alpha value is -1.20. The molecule has 1 atom stereocenters. The first-order chi connectivity index (χ1) is 8.99. The molecule has 1 unspecified atom stereocenters. The average Bonchev–Trinajstić information content (AvgIpc) is 2.34. The number of rotatable bonds is 8. The molecule has 0 heterocycles. The predicted molar refractivity (Wildman–Crippen MR) is 72.5 cm³/mol. The maximum absolute atomic E-state index is 12.3. The van der Waals surface area contributed by atoms with Crippen molar-refractivity contribution in [2.24, 2.45) is 0 Å². The monoisotopic (exact) mass is 272 g/mol. The van der Waals surface area contributed by atoms with Crippen molar-refractivity contribution in [1.82, 2.24) is 10.2 Å². The fourth-order valence-corrected chi connectivity index (χ4v) is 1.70. The van der Waals surface area contributed by atoms with Crippen LogP contribution in [0.2, 0.25) is 0 Å². The van der Waals surface area contributed by atoms with Gasteiger partial charge in [0, 0.05) is 18.2 Å². The molecule has 5 heteroatoms. The standard InChI is InChI=1S/C14H22F2N2O/c1-11(8-9-18(2)3)17-10-12-6-4-5-7-13(12)19-14(15)16/h4-7,11,14,17H,8-10H2,1-3H3. The Morgan fingerprint density at radius 3 is 2.58 bits per heavy atom. The number of halogens is 2. The second-order valence-electron chi connectivity index (χ2n) is 4.86. The van der Waals surface area contributed by atoms with Gasteiger partial charge in [0.2, 0.25) is 0 Å². The summed E-state index contributed by atoms with van der Waals surface area (Å²) in [5.41, 5.74) is 0.750. The Morgan fingerprint density at radius 2 is 1.95 bits per heavy atom. The summed E-state index contributed by atoms with van der Waals surface area (Å²) in [6.07, 6.45) is 1.00. The minimum Gasteiger partial charge on any atom is -0.434 e. The number of hydrogen-bond donors (Lipinski definition) is 1. The van der Waals surface area contributed by atoms with Gasteiger partial charge in [-0.3, -0.25) is 0 Å². The summed E-state index contributed by atoms with van der Waals surface area (Å²) in [5, 5.41) is 3.32. The summed E-state index contributed by atoms with van der Waals surface area (Å²) in [4.78, 5) is 2.12. The first-order valence-electron chi connectivity index (χ1n) is 6.40. The van der Waals surface area contributed by atoms with Gasteiger partial charge in [-0.15, -0.1) is 0 Å². The highest BCUT2D eigenvalue weighted by Gasteiger charge is 2.10. The highest BCUT2D eigenvalue weighted by Crippen LogP contribution is 2.20. The molecule has 0 aromatic heterocycles.